The third-order valence-electron chi connectivity index (χ3n) is 1.28. The zero-order valence-electron chi connectivity index (χ0n) is 7.43. The van der Waals surface area contributed by atoms with Crippen molar-refractivity contribution in [3.63, 3.8) is 0 Å². The summed E-state index contributed by atoms with van der Waals surface area (Å²) in [5, 5.41) is 1.52. The number of nitrogens with one attached hydrogen (secondary N) is 1. The minimum atomic E-state index is -5.01. The first kappa shape index (κ1) is 14.6. The van der Waals surface area contributed by atoms with Gasteiger partial charge in [0.05, 0.1) is 7.11 Å². The summed E-state index contributed by atoms with van der Waals surface area (Å²) in [7, 11) is 1.96. The highest BCUT2D eigenvalue weighted by Crippen LogP contribution is 2.16. The summed E-state index contributed by atoms with van der Waals surface area (Å²) in [5.74, 6) is -3.16. The van der Waals surface area contributed by atoms with E-state index in [4.69, 9.17) is 0 Å². The van der Waals surface area contributed by atoms with Crippen LogP contribution in [-0.4, -0.2) is 37.0 Å². The lowest BCUT2D eigenvalue weighted by Gasteiger charge is -2.15. The fraction of sp³-hybridized carbons (Fsp3) is 0.667. The summed E-state index contributed by atoms with van der Waals surface area (Å²) in [6.07, 6.45) is -5.01. The van der Waals surface area contributed by atoms with Crippen molar-refractivity contribution in [2.75, 3.05) is 12.9 Å². The molecule has 0 rings (SSSR count). The van der Waals surface area contributed by atoms with Gasteiger partial charge >= 0.3 is 18.1 Å². The number of hydrogen-bond donors (Lipinski definition) is 1. The first-order valence-electron chi connectivity index (χ1n) is 3.52. The second-order valence-corrected chi connectivity index (χ2v) is 4.25. The van der Waals surface area contributed by atoms with Gasteiger partial charge in [0.2, 0.25) is 0 Å². The molecule has 88 valence electrons. The average Bonchev–Trinajstić information content (AvgIpc) is 2.14. The van der Waals surface area contributed by atoms with Gasteiger partial charge in [0, 0.05) is 5.75 Å². The molecule has 15 heavy (non-hydrogen) atoms. The number of methoxy groups -OCH3 is 1. The SMILES string of the molecule is COC(=O)[C@H](CSBr)NC(=O)C(F)(F)F. The second-order valence-electron chi connectivity index (χ2n) is 2.32. The molecule has 1 atom stereocenters. The molecule has 1 N–H and O–H groups in total. The van der Waals surface area contributed by atoms with Crippen molar-refractivity contribution < 1.29 is 27.5 Å². The molecule has 0 aliphatic heterocycles. The minimum absolute atomic E-state index is 0.0610. The zero-order chi connectivity index (χ0) is 12.1. The Morgan fingerprint density at radius 1 is 1.53 bits per heavy atom. The van der Waals surface area contributed by atoms with Gasteiger partial charge in [-0.15, -0.1) is 0 Å². The lowest BCUT2D eigenvalue weighted by molar-refractivity contribution is -0.175. The molecule has 4 nitrogen and oxygen atoms in total. The fourth-order valence-electron chi connectivity index (χ4n) is 0.614. The van der Waals surface area contributed by atoms with Crippen molar-refractivity contribution in [1.82, 2.24) is 5.32 Å². The molecule has 0 saturated heterocycles. The van der Waals surface area contributed by atoms with Crippen molar-refractivity contribution >= 4 is 36.9 Å². The molecule has 0 heterocycles. The fourth-order valence-corrected chi connectivity index (χ4v) is 1.75. The van der Waals surface area contributed by atoms with E-state index in [2.05, 4.69) is 19.5 Å². The van der Waals surface area contributed by atoms with Crippen molar-refractivity contribution in [3.05, 3.63) is 0 Å². The highest BCUT2D eigenvalue weighted by Gasteiger charge is 2.40. The molecular formula is C6H7BrF3NO3S. The largest absolute Gasteiger partial charge is 0.471 e. The highest BCUT2D eigenvalue weighted by molar-refractivity contribution is 9.50. The molecule has 0 spiro atoms. The van der Waals surface area contributed by atoms with E-state index < -0.39 is 24.1 Å². The summed E-state index contributed by atoms with van der Waals surface area (Å²) in [5.41, 5.74) is 0. The van der Waals surface area contributed by atoms with E-state index in [1.807, 2.05) is 0 Å². The quantitative estimate of drug-likeness (QED) is 0.794. The zero-order valence-corrected chi connectivity index (χ0v) is 9.83. The van der Waals surface area contributed by atoms with Gasteiger partial charge in [0.25, 0.3) is 0 Å². The lowest BCUT2D eigenvalue weighted by atomic mass is 10.3. The third-order valence-corrected chi connectivity index (χ3v) is 2.53. The van der Waals surface area contributed by atoms with Crippen molar-refractivity contribution in [2.45, 2.75) is 12.2 Å². The standard InChI is InChI=1S/C6H7BrF3NO3S/c1-14-4(12)3(2-15-7)11-5(13)6(8,9)10/h3H,2H2,1H3,(H,11,13)/t3-/m0/s1. The van der Waals surface area contributed by atoms with E-state index in [1.54, 1.807) is 0 Å². The molecule has 9 heteroatoms. The van der Waals surface area contributed by atoms with Crippen molar-refractivity contribution in [1.29, 1.82) is 0 Å². The van der Waals surface area contributed by atoms with E-state index in [1.165, 1.54) is 5.32 Å². The molecule has 0 aromatic carbocycles. The number of amides is 1. The summed E-state index contributed by atoms with van der Waals surface area (Å²) in [6.45, 7) is 0. The predicted octanol–water partition coefficient (Wildman–Crippen LogP) is 1.25. The van der Waals surface area contributed by atoms with Gasteiger partial charge in [-0.05, 0) is 14.8 Å². The summed E-state index contributed by atoms with van der Waals surface area (Å²) >= 11 is 2.86. The number of esters is 1. The van der Waals surface area contributed by atoms with Crippen LogP contribution in [0.3, 0.4) is 0 Å². The van der Waals surface area contributed by atoms with Crippen LogP contribution in [0.4, 0.5) is 13.2 Å². The second kappa shape index (κ2) is 6.21. The van der Waals surface area contributed by atoms with Gasteiger partial charge in [0.1, 0.15) is 6.04 Å². The Morgan fingerprint density at radius 2 is 2.07 bits per heavy atom. The minimum Gasteiger partial charge on any atom is -0.467 e. The lowest BCUT2D eigenvalue weighted by Crippen LogP contribution is -2.48. The Kier molecular flexibility index (Phi) is 6.03. The van der Waals surface area contributed by atoms with Crippen LogP contribution in [0.1, 0.15) is 0 Å². The van der Waals surface area contributed by atoms with E-state index in [0.29, 0.717) is 0 Å². The molecule has 0 saturated carbocycles. The van der Waals surface area contributed by atoms with E-state index in [0.717, 1.165) is 17.3 Å². The van der Waals surface area contributed by atoms with Crippen LogP contribution >= 0.6 is 25.0 Å². The van der Waals surface area contributed by atoms with Crippen molar-refractivity contribution in [2.24, 2.45) is 0 Å². The number of halogens is 4. The molecule has 0 unspecified atom stereocenters. The van der Waals surface area contributed by atoms with Gasteiger partial charge < -0.3 is 10.1 Å². The van der Waals surface area contributed by atoms with Crippen LogP contribution in [0, 0.1) is 0 Å². The van der Waals surface area contributed by atoms with Crippen LogP contribution in [0.2, 0.25) is 0 Å². The smallest absolute Gasteiger partial charge is 0.467 e. The number of ether oxygens (including phenoxy) is 1. The maximum absolute atomic E-state index is 11.8. The van der Waals surface area contributed by atoms with E-state index in [-0.39, 0.29) is 5.75 Å². The first-order valence-corrected chi connectivity index (χ1v) is 6.34. The maximum Gasteiger partial charge on any atom is 0.471 e. The molecule has 0 aromatic heterocycles. The molecule has 0 aliphatic rings. The Hall–Kier alpha value is -0.440. The molecule has 0 aliphatic carbocycles. The third kappa shape index (κ3) is 5.26. The van der Waals surface area contributed by atoms with Gasteiger partial charge in [-0.25, -0.2) is 4.79 Å². The van der Waals surface area contributed by atoms with Crippen LogP contribution < -0.4 is 5.32 Å². The summed E-state index contributed by atoms with van der Waals surface area (Å²) in [4.78, 5) is 21.4. The van der Waals surface area contributed by atoms with E-state index in [9.17, 15) is 22.8 Å². The molecular weight excluding hydrogens is 303 g/mol. The number of hydrogen-bond acceptors (Lipinski definition) is 4. The Labute approximate surface area is 95.1 Å². The summed E-state index contributed by atoms with van der Waals surface area (Å²) < 4.78 is 39.7. The Balaban J connectivity index is 4.42. The van der Waals surface area contributed by atoms with Crippen LogP contribution in [0.25, 0.3) is 0 Å². The number of rotatable bonds is 4. The Bertz CT molecular complexity index is 248. The average molecular weight is 310 g/mol. The first-order chi connectivity index (χ1) is 6.82. The normalized spacial score (nSPS) is 13.1. The van der Waals surface area contributed by atoms with Gasteiger partial charge in [0.15, 0.2) is 0 Å². The monoisotopic (exact) mass is 309 g/mol. The highest BCUT2D eigenvalue weighted by atomic mass is 79.9. The van der Waals surface area contributed by atoms with Crippen molar-refractivity contribution in [3.8, 4) is 0 Å². The van der Waals surface area contributed by atoms with Crippen LogP contribution in [-0.2, 0) is 14.3 Å². The summed E-state index contributed by atoms with van der Waals surface area (Å²) in [6, 6.07) is -1.33. The van der Waals surface area contributed by atoms with Crippen LogP contribution in [0.15, 0.2) is 0 Å². The maximum atomic E-state index is 11.8. The molecule has 1 amide bonds. The molecule has 0 fully saturated rings. The Morgan fingerprint density at radius 3 is 2.40 bits per heavy atom. The molecule has 0 bridgehead atoms. The molecule has 0 radical (unpaired) electrons. The molecule has 0 aromatic rings. The van der Waals surface area contributed by atoms with Crippen LogP contribution in [0.5, 0.6) is 0 Å². The number of carbonyl (C=O) groups excluding carboxylic acids is 2. The number of carbonyl (C=O) groups is 2. The van der Waals surface area contributed by atoms with Gasteiger partial charge in [-0.1, -0.05) is 10.2 Å². The van der Waals surface area contributed by atoms with Gasteiger partial charge in [-0.3, -0.25) is 4.79 Å². The predicted molar refractivity (Wildman–Crippen MR) is 51.4 cm³/mol. The van der Waals surface area contributed by atoms with Gasteiger partial charge in [-0.2, -0.15) is 13.2 Å². The number of alkyl halides is 3. The van der Waals surface area contributed by atoms with E-state index >= 15 is 0 Å². The topological polar surface area (TPSA) is 55.4 Å².